The fourth-order valence-electron chi connectivity index (χ4n) is 1.71. The van der Waals surface area contributed by atoms with Crippen molar-refractivity contribution in [2.75, 3.05) is 17.7 Å². The number of anilines is 3. The van der Waals surface area contributed by atoms with Crippen LogP contribution in [0.3, 0.4) is 0 Å². The quantitative estimate of drug-likeness (QED) is 0.793. The molecule has 0 aliphatic rings. The highest BCUT2D eigenvalue weighted by Crippen LogP contribution is 2.32. The van der Waals surface area contributed by atoms with E-state index in [9.17, 15) is 0 Å². The summed E-state index contributed by atoms with van der Waals surface area (Å²) in [5.41, 5.74) is 8.41. The van der Waals surface area contributed by atoms with Crippen LogP contribution in [-0.4, -0.2) is 6.61 Å². The summed E-state index contributed by atoms with van der Waals surface area (Å²) in [5, 5.41) is 3.92. The Kier molecular flexibility index (Phi) is 4.53. The molecule has 2 aromatic carbocycles. The van der Waals surface area contributed by atoms with Crippen molar-refractivity contribution >= 4 is 28.7 Å². The minimum atomic E-state index is 0.607. The van der Waals surface area contributed by atoms with Gasteiger partial charge in [-0.25, -0.2) is 0 Å². The van der Waals surface area contributed by atoms with Crippen molar-refractivity contribution in [3.8, 4) is 5.75 Å². The lowest BCUT2D eigenvalue weighted by molar-refractivity contribution is 0.319. The number of nitrogens with one attached hydrogen (secondary N) is 1. The van der Waals surface area contributed by atoms with Gasteiger partial charge in [-0.1, -0.05) is 30.7 Å². The number of rotatable bonds is 5. The van der Waals surface area contributed by atoms with Crippen molar-refractivity contribution < 1.29 is 4.74 Å². The van der Waals surface area contributed by atoms with Crippen molar-refractivity contribution in [2.45, 2.75) is 13.3 Å². The molecule has 0 amide bonds. The molecule has 19 heavy (non-hydrogen) atoms. The molecule has 0 saturated heterocycles. The summed E-state index contributed by atoms with van der Waals surface area (Å²) in [7, 11) is 0. The Hall–Kier alpha value is -1.87. The summed E-state index contributed by atoms with van der Waals surface area (Å²) in [6.07, 6.45) is 0.950. The number of ether oxygens (including phenoxy) is 1. The first-order valence-electron chi connectivity index (χ1n) is 6.24. The molecule has 0 bridgehead atoms. The molecule has 3 N–H and O–H groups in total. The SMILES string of the molecule is CCCOc1cccc(Nc2cccc(Cl)c2)c1N. The third-order valence-corrected chi connectivity index (χ3v) is 2.87. The molecule has 0 unspecified atom stereocenters. The maximum atomic E-state index is 6.09. The lowest BCUT2D eigenvalue weighted by atomic mass is 10.2. The zero-order chi connectivity index (χ0) is 13.7. The minimum absolute atomic E-state index is 0.607. The third kappa shape index (κ3) is 3.55. The van der Waals surface area contributed by atoms with Crippen LogP contribution in [0.25, 0.3) is 0 Å². The molecule has 0 aliphatic heterocycles. The fraction of sp³-hybridized carbons (Fsp3) is 0.200. The van der Waals surface area contributed by atoms with Gasteiger partial charge < -0.3 is 15.8 Å². The van der Waals surface area contributed by atoms with Crippen LogP contribution >= 0.6 is 11.6 Å². The number of hydrogen-bond donors (Lipinski definition) is 2. The average molecular weight is 277 g/mol. The Balaban J connectivity index is 2.20. The number of nitrogen functional groups attached to an aromatic ring is 1. The zero-order valence-corrected chi connectivity index (χ0v) is 11.6. The first-order valence-corrected chi connectivity index (χ1v) is 6.62. The van der Waals surface area contributed by atoms with Crippen molar-refractivity contribution in [3.63, 3.8) is 0 Å². The standard InChI is InChI=1S/C15H17ClN2O/c1-2-9-19-14-8-4-7-13(15(14)17)18-12-6-3-5-11(16)10-12/h3-8,10,18H,2,9,17H2,1H3. The van der Waals surface area contributed by atoms with Gasteiger partial charge in [0.2, 0.25) is 0 Å². The molecular formula is C15H17ClN2O. The van der Waals surface area contributed by atoms with Crippen LogP contribution in [0.2, 0.25) is 5.02 Å². The van der Waals surface area contributed by atoms with E-state index in [0.717, 1.165) is 17.8 Å². The van der Waals surface area contributed by atoms with E-state index in [1.165, 1.54) is 0 Å². The summed E-state index contributed by atoms with van der Waals surface area (Å²) in [6, 6.07) is 13.2. The van der Waals surface area contributed by atoms with E-state index in [1.807, 2.05) is 42.5 Å². The van der Waals surface area contributed by atoms with Gasteiger partial charge in [-0.3, -0.25) is 0 Å². The second-order valence-corrected chi connectivity index (χ2v) is 4.64. The predicted molar refractivity (Wildman–Crippen MR) is 81.4 cm³/mol. The Labute approximate surface area is 118 Å². The second-order valence-electron chi connectivity index (χ2n) is 4.20. The Morgan fingerprint density at radius 3 is 2.74 bits per heavy atom. The highest BCUT2D eigenvalue weighted by Gasteiger charge is 2.06. The molecule has 0 saturated carbocycles. The number of para-hydroxylation sites is 1. The lowest BCUT2D eigenvalue weighted by Crippen LogP contribution is -2.02. The van der Waals surface area contributed by atoms with Crippen molar-refractivity contribution in [2.24, 2.45) is 0 Å². The number of nitrogens with two attached hydrogens (primary N) is 1. The highest BCUT2D eigenvalue weighted by atomic mass is 35.5. The third-order valence-electron chi connectivity index (χ3n) is 2.63. The number of hydrogen-bond acceptors (Lipinski definition) is 3. The van der Waals surface area contributed by atoms with Gasteiger partial charge in [0.05, 0.1) is 18.0 Å². The Morgan fingerprint density at radius 1 is 1.21 bits per heavy atom. The van der Waals surface area contributed by atoms with E-state index < -0.39 is 0 Å². The van der Waals surface area contributed by atoms with Crippen LogP contribution in [0.4, 0.5) is 17.1 Å². The molecule has 100 valence electrons. The van der Waals surface area contributed by atoms with Gasteiger partial charge in [-0.05, 0) is 36.8 Å². The van der Waals surface area contributed by atoms with E-state index in [1.54, 1.807) is 0 Å². The molecule has 2 aromatic rings. The van der Waals surface area contributed by atoms with Crippen molar-refractivity contribution in [1.82, 2.24) is 0 Å². The molecule has 0 fully saturated rings. The number of halogens is 1. The molecule has 4 heteroatoms. The van der Waals surface area contributed by atoms with Gasteiger partial charge in [0, 0.05) is 10.7 Å². The molecule has 0 heterocycles. The Morgan fingerprint density at radius 2 is 2.00 bits per heavy atom. The molecule has 3 nitrogen and oxygen atoms in total. The van der Waals surface area contributed by atoms with E-state index in [2.05, 4.69) is 12.2 Å². The van der Waals surface area contributed by atoms with Crippen LogP contribution in [0.1, 0.15) is 13.3 Å². The summed E-state index contributed by atoms with van der Waals surface area (Å²) in [5.74, 6) is 0.703. The fourth-order valence-corrected chi connectivity index (χ4v) is 1.90. The van der Waals surface area contributed by atoms with Crippen LogP contribution in [0.5, 0.6) is 5.75 Å². The normalized spacial score (nSPS) is 10.2. The van der Waals surface area contributed by atoms with Crippen LogP contribution < -0.4 is 15.8 Å². The van der Waals surface area contributed by atoms with Crippen LogP contribution in [0, 0.1) is 0 Å². The van der Waals surface area contributed by atoms with Crippen molar-refractivity contribution in [3.05, 3.63) is 47.5 Å². The molecule has 0 spiro atoms. The van der Waals surface area contributed by atoms with E-state index in [-0.39, 0.29) is 0 Å². The average Bonchev–Trinajstić information content (AvgIpc) is 2.40. The predicted octanol–water partition coefficient (Wildman–Crippen LogP) is 4.45. The van der Waals surface area contributed by atoms with E-state index >= 15 is 0 Å². The second kappa shape index (κ2) is 6.34. The molecule has 0 aliphatic carbocycles. The summed E-state index contributed by atoms with van der Waals surface area (Å²) >= 11 is 5.95. The first kappa shape index (κ1) is 13.6. The molecular weight excluding hydrogens is 260 g/mol. The van der Waals surface area contributed by atoms with E-state index in [0.29, 0.717) is 23.1 Å². The zero-order valence-electron chi connectivity index (χ0n) is 10.8. The van der Waals surface area contributed by atoms with Gasteiger partial charge in [0.25, 0.3) is 0 Å². The molecule has 0 radical (unpaired) electrons. The van der Waals surface area contributed by atoms with E-state index in [4.69, 9.17) is 22.1 Å². The van der Waals surface area contributed by atoms with Crippen LogP contribution in [-0.2, 0) is 0 Å². The maximum Gasteiger partial charge on any atom is 0.144 e. The molecule has 0 aromatic heterocycles. The summed E-state index contributed by atoms with van der Waals surface area (Å²) < 4.78 is 5.60. The van der Waals surface area contributed by atoms with Gasteiger partial charge in [-0.2, -0.15) is 0 Å². The largest absolute Gasteiger partial charge is 0.491 e. The van der Waals surface area contributed by atoms with Gasteiger partial charge >= 0.3 is 0 Å². The summed E-state index contributed by atoms with van der Waals surface area (Å²) in [6.45, 7) is 2.72. The maximum absolute atomic E-state index is 6.09. The lowest BCUT2D eigenvalue weighted by Gasteiger charge is -2.13. The minimum Gasteiger partial charge on any atom is -0.491 e. The smallest absolute Gasteiger partial charge is 0.144 e. The first-order chi connectivity index (χ1) is 9.20. The molecule has 2 rings (SSSR count). The highest BCUT2D eigenvalue weighted by molar-refractivity contribution is 6.30. The monoisotopic (exact) mass is 276 g/mol. The van der Waals surface area contributed by atoms with Crippen molar-refractivity contribution in [1.29, 1.82) is 0 Å². The van der Waals surface area contributed by atoms with Gasteiger partial charge in [0.15, 0.2) is 0 Å². The number of benzene rings is 2. The summed E-state index contributed by atoms with van der Waals surface area (Å²) in [4.78, 5) is 0. The molecule has 0 atom stereocenters. The van der Waals surface area contributed by atoms with Gasteiger partial charge in [-0.15, -0.1) is 0 Å². The topological polar surface area (TPSA) is 47.3 Å². The van der Waals surface area contributed by atoms with Gasteiger partial charge in [0.1, 0.15) is 5.75 Å². The van der Waals surface area contributed by atoms with Crippen LogP contribution in [0.15, 0.2) is 42.5 Å². The Bertz CT molecular complexity index is 558.